The van der Waals surface area contributed by atoms with Gasteiger partial charge in [0.2, 0.25) is 0 Å². The Kier molecular flexibility index (Phi) is 6.84. The second-order valence-corrected chi connectivity index (χ2v) is 6.08. The van der Waals surface area contributed by atoms with Gasteiger partial charge in [0.05, 0.1) is 18.4 Å². The van der Waals surface area contributed by atoms with E-state index in [1.54, 1.807) is 25.6 Å². The molecular weight excluding hydrogens is 354 g/mol. The molecule has 0 aliphatic heterocycles. The lowest BCUT2D eigenvalue weighted by Crippen LogP contribution is -2.23. The molecule has 0 spiro atoms. The van der Waals surface area contributed by atoms with Gasteiger partial charge in [0, 0.05) is 25.5 Å². The van der Waals surface area contributed by atoms with Crippen LogP contribution in [0.1, 0.15) is 15.9 Å². The molecule has 0 atom stereocenters. The van der Waals surface area contributed by atoms with Crippen LogP contribution in [0, 0.1) is 0 Å². The van der Waals surface area contributed by atoms with E-state index < -0.39 is 0 Å². The van der Waals surface area contributed by atoms with Gasteiger partial charge in [0.25, 0.3) is 5.91 Å². The zero-order valence-electron chi connectivity index (χ0n) is 15.7. The molecule has 0 fully saturated rings. The summed E-state index contributed by atoms with van der Waals surface area (Å²) in [6, 6.07) is 19.0. The summed E-state index contributed by atoms with van der Waals surface area (Å²) in [5, 5.41) is 6.11. The number of amides is 1. The number of hydrogen-bond donors (Lipinski definition) is 2. The minimum absolute atomic E-state index is 0.158. The molecule has 3 aromatic rings. The molecule has 6 heteroatoms. The maximum atomic E-state index is 12.3. The summed E-state index contributed by atoms with van der Waals surface area (Å²) < 4.78 is 10.8. The van der Waals surface area contributed by atoms with Gasteiger partial charge in [-0.2, -0.15) is 0 Å². The molecule has 144 valence electrons. The van der Waals surface area contributed by atoms with Crippen LogP contribution in [0.15, 0.2) is 73.1 Å². The van der Waals surface area contributed by atoms with Gasteiger partial charge >= 0.3 is 0 Å². The molecule has 0 unspecified atom stereocenters. The van der Waals surface area contributed by atoms with E-state index in [1.165, 1.54) is 0 Å². The van der Waals surface area contributed by atoms with E-state index in [2.05, 4.69) is 15.6 Å². The standard InChI is InChI=1S/C22H23N3O3/c1-27-20-7-9-21(10-8-20)28-12-11-24-19-13-18(15-23-16-19)22(26)25-14-17-5-3-2-4-6-17/h2-10,13,15-16,24H,11-12,14H2,1H3,(H,25,26). The average Bonchev–Trinajstić information content (AvgIpc) is 2.76. The van der Waals surface area contributed by atoms with Crippen molar-refractivity contribution >= 4 is 11.6 Å². The number of aromatic nitrogens is 1. The average molecular weight is 377 g/mol. The van der Waals surface area contributed by atoms with E-state index in [1.807, 2.05) is 54.6 Å². The number of nitrogens with one attached hydrogen (secondary N) is 2. The number of pyridine rings is 1. The summed E-state index contributed by atoms with van der Waals surface area (Å²) in [6.45, 7) is 1.55. The molecule has 28 heavy (non-hydrogen) atoms. The van der Waals surface area contributed by atoms with Crippen molar-refractivity contribution in [1.29, 1.82) is 0 Å². The second-order valence-electron chi connectivity index (χ2n) is 6.08. The third kappa shape index (κ3) is 5.74. The van der Waals surface area contributed by atoms with E-state index >= 15 is 0 Å². The molecule has 0 saturated heterocycles. The minimum atomic E-state index is -0.158. The summed E-state index contributed by atoms with van der Waals surface area (Å²) in [7, 11) is 1.63. The second kappa shape index (κ2) is 9.97. The van der Waals surface area contributed by atoms with Gasteiger partial charge in [-0.1, -0.05) is 30.3 Å². The predicted octanol–water partition coefficient (Wildman–Crippen LogP) is 3.51. The van der Waals surface area contributed by atoms with Crippen molar-refractivity contribution in [2.45, 2.75) is 6.54 Å². The fraction of sp³-hybridized carbons (Fsp3) is 0.182. The summed E-state index contributed by atoms with van der Waals surface area (Å²) in [4.78, 5) is 16.5. The molecule has 0 aliphatic rings. The summed E-state index contributed by atoms with van der Waals surface area (Å²) in [5.41, 5.74) is 2.33. The molecule has 0 aliphatic carbocycles. The third-order valence-electron chi connectivity index (χ3n) is 4.06. The number of anilines is 1. The summed E-state index contributed by atoms with van der Waals surface area (Å²) >= 11 is 0. The maximum Gasteiger partial charge on any atom is 0.253 e. The van der Waals surface area contributed by atoms with Crippen LogP contribution in [0.3, 0.4) is 0 Å². The first-order valence-electron chi connectivity index (χ1n) is 9.02. The van der Waals surface area contributed by atoms with Gasteiger partial charge in [0.1, 0.15) is 18.1 Å². The monoisotopic (exact) mass is 377 g/mol. The first-order chi connectivity index (χ1) is 13.7. The first kappa shape index (κ1) is 19.2. The number of ether oxygens (including phenoxy) is 2. The van der Waals surface area contributed by atoms with Crippen molar-refractivity contribution in [3.05, 3.63) is 84.2 Å². The van der Waals surface area contributed by atoms with Crippen LogP contribution in [0.2, 0.25) is 0 Å². The van der Waals surface area contributed by atoms with Gasteiger partial charge < -0.3 is 20.1 Å². The highest BCUT2D eigenvalue weighted by Crippen LogP contribution is 2.17. The zero-order chi connectivity index (χ0) is 19.6. The van der Waals surface area contributed by atoms with Crippen LogP contribution < -0.4 is 20.1 Å². The van der Waals surface area contributed by atoms with Crippen molar-refractivity contribution in [3.8, 4) is 11.5 Å². The van der Waals surface area contributed by atoms with Crippen LogP contribution in [0.5, 0.6) is 11.5 Å². The van der Waals surface area contributed by atoms with E-state index in [4.69, 9.17) is 9.47 Å². The van der Waals surface area contributed by atoms with Crippen molar-refractivity contribution in [3.63, 3.8) is 0 Å². The molecule has 3 rings (SSSR count). The highest BCUT2D eigenvalue weighted by Gasteiger charge is 2.07. The molecule has 2 N–H and O–H groups in total. The van der Waals surface area contributed by atoms with Gasteiger partial charge in [-0.3, -0.25) is 9.78 Å². The zero-order valence-corrected chi connectivity index (χ0v) is 15.7. The van der Waals surface area contributed by atoms with Gasteiger partial charge in [-0.05, 0) is 35.9 Å². The SMILES string of the molecule is COc1ccc(OCCNc2cncc(C(=O)NCc3ccccc3)c2)cc1. The van der Waals surface area contributed by atoms with Gasteiger partial charge in [0.15, 0.2) is 0 Å². The van der Waals surface area contributed by atoms with Crippen LogP contribution in [-0.2, 0) is 6.54 Å². The highest BCUT2D eigenvalue weighted by molar-refractivity contribution is 5.94. The minimum Gasteiger partial charge on any atom is -0.497 e. The quantitative estimate of drug-likeness (QED) is 0.558. The van der Waals surface area contributed by atoms with E-state index in [-0.39, 0.29) is 5.91 Å². The smallest absolute Gasteiger partial charge is 0.253 e. The maximum absolute atomic E-state index is 12.3. The predicted molar refractivity (Wildman–Crippen MR) is 109 cm³/mol. The molecule has 0 radical (unpaired) electrons. The fourth-order valence-electron chi connectivity index (χ4n) is 2.58. The number of rotatable bonds is 9. The Morgan fingerprint density at radius 2 is 1.75 bits per heavy atom. The van der Waals surface area contributed by atoms with Crippen molar-refractivity contribution in [1.82, 2.24) is 10.3 Å². The lowest BCUT2D eigenvalue weighted by Gasteiger charge is -2.10. The highest BCUT2D eigenvalue weighted by atomic mass is 16.5. The van der Waals surface area contributed by atoms with Crippen LogP contribution in [0.25, 0.3) is 0 Å². The Morgan fingerprint density at radius 1 is 1.00 bits per heavy atom. The fourth-order valence-corrected chi connectivity index (χ4v) is 2.58. The number of benzene rings is 2. The number of methoxy groups -OCH3 is 1. The normalized spacial score (nSPS) is 10.2. The molecule has 6 nitrogen and oxygen atoms in total. The molecule has 1 heterocycles. The molecule has 0 saturated carbocycles. The number of carbonyl (C=O) groups is 1. The number of nitrogens with zero attached hydrogens (tertiary/aromatic N) is 1. The number of carbonyl (C=O) groups excluding carboxylic acids is 1. The number of hydrogen-bond acceptors (Lipinski definition) is 5. The van der Waals surface area contributed by atoms with Crippen LogP contribution >= 0.6 is 0 Å². The lowest BCUT2D eigenvalue weighted by molar-refractivity contribution is 0.0950. The van der Waals surface area contributed by atoms with Crippen LogP contribution in [0.4, 0.5) is 5.69 Å². The largest absolute Gasteiger partial charge is 0.497 e. The Labute approximate surface area is 164 Å². The Bertz CT molecular complexity index is 883. The van der Waals surface area contributed by atoms with E-state index in [0.717, 1.165) is 22.7 Å². The molecule has 1 amide bonds. The van der Waals surface area contributed by atoms with Gasteiger partial charge in [-0.25, -0.2) is 0 Å². The summed E-state index contributed by atoms with van der Waals surface area (Å²) in [6.07, 6.45) is 3.24. The van der Waals surface area contributed by atoms with Crippen molar-refractivity contribution in [2.24, 2.45) is 0 Å². The van der Waals surface area contributed by atoms with Crippen LogP contribution in [-0.4, -0.2) is 31.2 Å². The summed E-state index contributed by atoms with van der Waals surface area (Å²) in [5.74, 6) is 1.41. The molecule has 2 aromatic carbocycles. The third-order valence-corrected chi connectivity index (χ3v) is 4.06. The van der Waals surface area contributed by atoms with Gasteiger partial charge in [-0.15, -0.1) is 0 Å². The molecular formula is C22H23N3O3. The lowest BCUT2D eigenvalue weighted by atomic mass is 10.2. The van der Waals surface area contributed by atoms with Crippen molar-refractivity contribution < 1.29 is 14.3 Å². The molecule has 0 bridgehead atoms. The first-order valence-corrected chi connectivity index (χ1v) is 9.02. The van der Waals surface area contributed by atoms with E-state index in [9.17, 15) is 4.79 Å². The Balaban J connectivity index is 1.45. The Hall–Kier alpha value is -3.54. The topological polar surface area (TPSA) is 72.5 Å². The van der Waals surface area contributed by atoms with E-state index in [0.29, 0.717) is 25.3 Å². The Morgan fingerprint density at radius 3 is 2.50 bits per heavy atom. The van der Waals surface area contributed by atoms with Crippen molar-refractivity contribution in [2.75, 3.05) is 25.6 Å². The molecule has 1 aromatic heterocycles.